The van der Waals surface area contributed by atoms with Gasteiger partial charge in [-0.3, -0.25) is 14.6 Å². The van der Waals surface area contributed by atoms with Crippen LogP contribution in [0.25, 0.3) is 11.3 Å². The number of aromatic nitrogens is 2. The van der Waals surface area contributed by atoms with Crippen molar-refractivity contribution in [3.05, 3.63) is 59.2 Å². The molecule has 3 aromatic rings. The lowest BCUT2D eigenvalue weighted by atomic mass is 10.1. The van der Waals surface area contributed by atoms with Crippen LogP contribution in [0.2, 0.25) is 0 Å². The van der Waals surface area contributed by atoms with Crippen LogP contribution in [0, 0.1) is 5.92 Å². The van der Waals surface area contributed by atoms with E-state index < -0.39 is 0 Å². The van der Waals surface area contributed by atoms with Crippen molar-refractivity contribution in [2.75, 3.05) is 18.6 Å². The van der Waals surface area contributed by atoms with Gasteiger partial charge < -0.3 is 15.0 Å². The number of carbonyl (C=O) groups is 2. The lowest BCUT2D eigenvalue weighted by molar-refractivity contribution is -0.126. The quantitative estimate of drug-likeness (QED) is 0.678. The van der Waals surface area contributed by atoms with Crippen LogP contribution in [0.5, 0.6) is 5.75 Å². The number of methoxy groups -OCH3 is 1. The van der Waals surface area contributed by atoms with Gasteiger partial charge in [0.25, 0.3) is 0 Å². The molecule has 1 fully saturated rings. The number of pyridine rings is 1. The average molecular weight is 408 g/mol. The number of amides is 2. The minimum Gasteiger partial charge on any atom is -0.497 e. The molecule has 1 N–H and O–H groups in total. The first-order chi connectivity index (χ1) is 14.1. The van der Waals surface area contributed by atoms with Crippen LogP contribution < -0.4 is 15.0 Å². The molecule has 0 aliphatic carbocycles. The zero-order valence-corrected chi connectivity index (χ0v) is 16.7. The Morgan fingerprint density at radius 2 is 2.00 bits per heavy atom. The molecule has 0 bridgehead atoms. The van der Waals surface area contributed by atoms with Crippen LogP contribution in [0.3, 0.4) is 0 Å². The van der Waals surface area contributed by atoms with Crippen molar-refractivity contribution in [2.24, 2.45) is 5.92 Å². The van der Waals surface area contributed by atoms with Crippen LogP contribution >= 0.6 is 11.3 Å². The molecule has 1 aliphatic heterocycles. The molecule has 2 amide bonds. The van der Waals surface area contributed by atoms with Gasteiger partial charge in [-0.1, -0.05) is 0 Å². The molecule has 1 unspecified atom stereocenters. The first kappa shape index (κ1) is 19.1. The Hall–Kier alpha value is -3.26. The molecule has 29 heavy (non-hydrogen) atoms. The summed E-state index contributed by atoms with van der Waals surface area (Å²) < 4.78 is 5.15. The molecule has 0 radical (unpaired) electrons. The van der Waals surface area contributed by atoms with E-state index in [1.165, 1.54) is 11.3 Å². The van der Waals surface area contributed by atoms with Gasteiger partial charge in [-0.2, -0.15) is 0 Å². The predicted molar refractivity (Wildman–Crippen MR) is 111 cm³/mol. The summed E-state index contributed by atoms with van der Waals surface area (Å²) in [4.78, 5) is 35.2. The predicted octanol–water partition coefficient (Wildman–Crippen LogP) is 2.88. The smallest absolute Gasteiger partial charge is 0.227 e. The fourth-order valence-electron chi connectivity index (χ4n) is 3.25. The first-order valence-corrected chi connectivity index (χ1v) is 10.1. The van der Waals surface area contributed by atoms with E-state index in [0.717, 1.165) is 27.7 Å². The normalized spacial score (nSPS) is 16.1. The Morgan fingerprint density at radius 3 is 2.72 bits per heavy atom. The van der Waals surface area contributed by atoms with E-state index in [0.29, 0.717) is 13.1 Å². The minimum atomic E-state index is -0.371. The van der Waals surface area contributed by atoms with Crippen molar-refractivity contribution < 1.29 is 14.3 Å². The molecule has 148 valence electrons. The third kappa shape index (κ3) is 4.27. The van der Waals surface area contributed by atoms with Gasteiger partial charge in [0.05, 0.1) is 25.3 Å². The van der Waals surface area contributed by atoms with Gasteiger partial charge in [0.1, 0.15) is 10.8 Å². The summed E-state index contributed by atoms with van der Waals surface area (Å²) in [6.45, 7) is 0.721. The Morgan fingerprint density at radius 1 is 1.24 bits per heavy atom. The highest BCUT2D eigenvalue weighted by Crippen LogP contribution is 2.27. The van der Waals surface area contributed by atoms with Crippen molar-refractivity contribution >= 4 is 28.8 Å². The number of carbonyl (C=O) groups excluding carboxylic acids is 2. The highest BCUT2D eigenvalue weighted by molar-refractivity contribution is 7.09. The van der Waals surface area contributed by atoms with Crippen LogP contribution in [-0.2, 0) is 16.1 Å². The summed E-state index contributed by atoms with van der Waals surface area (Å²) in [6, 6.07) is 11.1. The van der Waals surface area contributed by atoms with Crippen LogP contribution in [-0.4, -0.2) is 35.4 Å². The lowest BCUT2D eigenvalue weighted by Crippen LogP contribution is -2.32. The lowest BCUT2D eigenvalue weighted by Gasteiger charge is -2.17. The fourth-order valence-corrected chi connectivity index (χ4v) is 3.99. The Balaban J connectivity index is 1.34. The van der Waals surface area contributed by atoms with E-state index in [1.807, 2.05) is 29.6 Å². The van der Waals surface area contributed by atoms with Crippen molar-refractivity contribution in [1.29, 1.82) is 0 Å². The number of nitrogens with one attached hydrogen (secondary N) is 1. The van der Waals surface area contributed by atoms with Crippen molar-refractivity contribution in [2.45, 2.75) is 13.0 Å². The molecule has 0 saturated carbocycles. The van der Waals surface area contributed by atoms with E-state index in [9.17, 15) is 9.59 Å². The molecular weight excluding hydrogens is 388 g/mol. The van der Waals surface area contributed by atoms with Gasteiger partial charge in [-0.15, -0.1) is 11.3 Å². The number of nitrogens with zero attached hydrogens (tertiary/aromatic N) is 3. The molecule has 4 rings (SSSR count). The summed E-state index contributed by atoms with van der Waals surface area (Å²) in [5, 5.41) is 5.69. The van der Waals surface area contributed by atoms with E-state index in [1.54, 1.807) is 36.5 Å². The maximum atomic E-state index is 12.6. The topological polar surface area (TPSA) is 84.4 Å². The zero-order chi connectivity index (χ0) is 20.2. The van der Waals surface area contributed by atoms with Crippen molar-refractivity contribution in [3.63, 3.8) is 0 Å². The van der Waals surface area contributed by atoms with Crippen LogP contribution in [0.15, 0.2) is 54.2 Å². The number of thiazole rings is 1. The van der Waals surface area contributed by atoms with Gasteiger partial charge in [0.2, 0.25) is 11.8 Å². The number of anilines is 1. The fraction of sp³-hybridized carbons (Fsp3) is 0.238. The molecule has 1 atom stereocenters. The van der Waals surface area contributed by atoms with Gasteiger partial charge in [-0.25, -0.2) is 4.98 Å². The Labute approximate surface area is 172 Å². The molecule has 8 heteroatoms. The molecular formula is C21H20N4O3S. The molecule has 1 aromatic carbocycles. The second-order valence-corrected chi connectivity index (χ2v) is 7.63. The van der Waals surface area contributed by atoms with Gasteiger partial charge in [-0.05, 0) is 36.4 Å². The highest BCUT2D eigenvalue weighted by Gasteiger charge is 2.35. The molecule has 1 aliphatic rings. The summed E-state index contributed by atoms with van der Waals surface area (Å²) in [5.74, 6) is 0.174. The van der Waals surface area contributed by atoms with Gasteiger partial charge in [0, 0.05) is 42.0 Å². The maximum Gasteiger partial charge on any atom is 0.227 e. The molecule has 1 saturated heterocycles. The zero-order valence-electron chi connectivity index (χ0n) is 15.9. The monoisotopic (exact) mass is 408 g/mol. The van der Waals surface area contributed by atoms with Crippen molar-refractivity contribution in [3.8, 4) is 17.0 Å². The number of benzene rings is 1. The SMILES string of the molecule is COc1ccc(N2CC(C(=O)NCc3nc(-c4ccncc4)cs3)CC2=O)cc1. The van der Waals surface area contributed by atoms with Crippen molar-refractivity contribution in [1.82, 2.24) is 15.3 Å². The Kier molecular flexibility index (Phi) is 5.53. The third-order valence-corrected chi connectivity index (χ3v) is 5.67. The number of hydrogen-bond donors (Lipinski definition) is 1. The first-order valence-electron chi connectivity index (χ1n) is 9.21. The highest BCUT2D eigenvalue weighted by atomic mass is 32.1. The molecule has 7 nitrogen and oxygen atoms in total. The second-order valence-electron chi connectivity index (χ2n) is 6.68. The van der Waals surface area contributed by atoms with E-state index in [-0.39, 0.29) is 24.2 Å². The van der Waals surface area contributed by atoms with Crippen LogP contribution in [0.4, 0.5) is 5.69 Å². The maximum absolute atomic E-state index is 12.6. The van der Waals surface area contributed by atoms with E-state index >= 15 is 0 Å². The molecule has 0 spiro atoms. The largest absolute Gasteiger partial charge is 0.497 e. The second kappa shape index (κ2) is 8.40. The Bertz CT molecular complexity index is 1000. The summed E-state index contributed by atoms with van der Waals surface area (Å²) in [7, 11) is 1.60. The summed E-state index contributed by atoms with van der Waals surface area (Å²) in [5.41, 5.74) is 2.63. The third-order valence-electron chi connectivity index (χ3n) is 4.82. The summed E-state index contributed by atoms with van der Waals surface area (Å²) >= 11 is 1.49. The van der Waals surface area contributed by atoms with Gasteiger partial charge >= 0.3 is 0 Å². The molecule has 3 heterocycles. The van der Waals surface area contributed by atoms with Crippen LogP contribution in [0.1, 0.15) is 11.4 Å². The summed E-state index contributed by atoms with van der Waals surface area (Å²) in [6.07, 6.45) is 3.65. The standard InChI is InChI=1S/C21H20N4O3S/c1-28-17-4-2-16(3-5-17)25-12-15(10-20(25)26)21(27)23-11-19-24-18(13-29-19)14-6-8-22-9-7-14/h2-9,13,15H,10-12H2,1H3,(H,23,27). The number of rotatable bonds is 6. The van der Waals surface area contributed by atoms with Gasteiger partial charge in [0.15, 0.2) is 0 Å². The van der Waals surface area contributed by atoms with E-state index in [4.69, 9.17) is 4.74 Å². The average Bonchev–Trinajstić information content (AvgIpc) is 3.40. The van der Waals surface area contributed by atoms with E-state index in [2.05, 4.69) is 15.3 Å². The number of ether oxygens (including phenoxy) is 1. The molecule has 2 aromatic heterocycles. The minimum absolute atomic E-state index is 0.0514. The number of hydrogen-bond acceptors (Lipinski definition) is 6.